The highest BCUT2D eigenvalue weighted by Gasteiger charge is 2.25. The van der Waals surface area contributed by atoms with Crippen LogP contribution in [-0.4, -0.2) is 27.6 Å². The first kappa shape index (κ1) is 21.8. The van der Waals surface area contributed by atoms with Gasteiger partial charge in [-0.25, -0.2) is 4.79 Å². The number of carboxylic acid groups (broad SMARTS) is 1. The summed E-state index contributed by atoms with van der Waals surface area (Å²) in [6, 6.07) is 9.60. The lowest BCUT2D eigenvalue weighted by Gasteiger charge is -2.24. The monoisotopic (exact) mass is 410 g/mol. The quantitative estimate of drug-likeness (QED) is 0.732. The third kappa shape index (κ3) is 5.17. The third-order valence-electron chi connectivity index (χ3n) is 6.11. The largest absolute Gasteiger partial charge is 0.480 e. The number of rotatable bonds is 7. The van der Waals surface area contributed by atoms with Crippen molar-refractivity contribution in [3.8, 4) is 0 Å². The van der Waals surface area contributed by atoms with Crippen molar-refractivity contribution >= 4 is 11.9 Å². The molecule has 1 amide bonds. The van der Waals surface area contributed by atoms with Gasteiger partial charge in [-0.1, -0.05) is 49.6 Å². The molecule has 1 saturated carbocycles. The topological polar surface area (TPSA) is 88.4 Å². The SMILES string of the molecule is Cc1cc(C(=O)N[C@H](Cc2ccccc2)C(=O)O)c(=O)n(CC2CCCCC2)c1C. The predicted octanol–water partition coefficient (Wildman–Crippen LogP) is 3.47. The number of nitrogens with zero attached hydrogens (tertiary/aromatic N) is 1. The lowest BCUT2D eigenvalue weighted by Crippen LogP contribution is -2.45. The molecular formula is C24H30N2O4. The molecule has 6 heteroatoms. The van der Waals surface area contributed by atoms with Crippen molar-refractivity contribution in [1.29, 1.82) is 0 Å². The van der Waals surface area contributed by atoms with Crippen molar-refractivity contribution in [2.45, 2.75) is 65.0 Å². The van der Waals surface area contributed by atoms with Crippen molar-refractivity contribution in [1.82, 2.24) is 9.88 Å². The Morgan fingerprint density at radius 2 is 1.80 bits per heavy atom. The lowest BCUT2D eigenvalue weighted by atomic mass is 9.89. The molecule has 0 spiro atoms. The van der Waals surface area contributed by atoms with Crippen LogP contribution in [0.15, 0.2) is 41.2 Å². The minimum Gasteiger partial charge on any atom is -0.480 e. The van der Waals surface area contributed by atoms with Crippen LogP contribution in [-0.2, 0) is 17.8 Å². The molecule has 1 aromatic heterocycles. The normalized spacial score (nSPS) is 15.5. The molecule has 1 aromatic carbocycles. The Bertz CT molecular complexity index is 959. The van der Waals surface area contributed by atoms with Crippen molar-refractivity contribution in [2.24, 2.45) is 5.92 Å². The van der Waals surface area contributed by atoms with Gasteiger partial charge in [0.15, 0.2) is 0 Å². The van der Waals surface area contributed by atoms with Crippen LogP contribution in [0.2, 0.25) is 0 Å². The van der Waals surface area contributed by atoms with Crippen LogP contribution in [0.3, 0.4) is 0 Å². The van der Waals surface area contributed by atoms with Crippen LogP contribution in [0.4, 0.5) is 0 Å². The highest BCUT2D eigenvalue weighted by Crippen LogP contribution is 2.25. The Morgan fingerprint density at radius 1 is 1.13 bits per heavy atom. The molecule has 0 radical (unpaired) electrons. The minimum atomic E-state index is -1.13. The first-order valence-corrected chi connectivity index (χ1v) is 10.7. The maximum atomic E-state index is 13.1. The van der Waals surface area contributed by atoms with E-state index < -0.39 is 17.9 Å². The number of amides is 1. The summed E-state index contributed by atoms with van der Waals surface area (Å²) in [5, 5.41) is 12.1. The summed E-state index contributed by atoms with van der Waals surface area (Å²) in [6.45, 7) is 4.39. The Hall–Kier alpha value is -2.89. The molecular weight excluding hydrogens is 380 g/mol. The van der Waals surface area contributed by atoms with Gasteiger partial charge in [0.25, 0.3) is 11.5 Å². The van der Waals surface area contributed by atoms with Crippen LogP contribution < -0.4 is 10.9 Å². The molecule has 1 fully saturated rings. The fraction of sp³-hybridized carbons (Fsp3) is 0.458. The number of hydrogen-bond acceptors (Lipinski definition) is 3. The molecule has 0 saturated heterocycles. The number of aromatic nitrogens is 1. The number of carbonyl (C=O) groups excluding carboxylic acids is 1. The van der Waals surface area contributed by atoms with Gasteiger partial charge in [-0.3, -0.25) is 9.59 Å². The van der Waals surface area contributed by atoms with Crippen LogP contribution >= 0.6 is 0 Å². The van der Waals surface area contributed by atoms with E-state index in [-0.39, 0.29) is 17.5 Å². The number of benzene rings is 1. The minimum absolute atomic E-state index is 0.00761. The molecule has 3 rings (SSSR count). The number of pyridine rings is 1. The van der Waals surface area contributed by atoms with Crippen LogP contribution in [0, 0.1) is 19.8 Å². The maximum absolute atomic E-state index is 13.1. The molecule has 2 N–H and O–H groups in total. The summed E-state index contributed by atoms with van der Waals surface area (Å²) in [7, 11) is 0. The number of carboxylic acids is 1. The van der Waals surface area contributed by atoms with Crippen molar-refractivity contribution in [3.63, 3.8) is 0 Å². The molecule has 160 valence electrons. The average Bonchev–Trinajstić information content (AvgIpc) is 2.74. The standard InChI is InChI=1S/C24H30N2O4/c1-16-13-20(23(28)26(17(16)2)15-19-11-7-4-8-12-19)22(27)25-21(24(29)30)14-18-9-5-3-6-10-18/h3,5-6,9-10,13,19,21H,4,7-8,11-12,14-15H2,1-2H3,(H,25,27)(H,29,30)/t21-/m1/s1. The predicted molar refractivity (Wildman–Crippen MR) is 116 cm³/mol. The number of aliphatic carboxylic acids is 1. The highest BCUT2D eigenvalue weighted by molar-refractivity contribution is 5.96. The van der Waals surface area contributed by atoms with Gasteiger partial charge >= 0.3 is 5.97 Å². The van der Waals surface area contributed by atoms with Gasteiger partial charge in [-0.15, -0.1) is 0 Å². The van der Waals surface area contributed by atoms with Gasteiger partial charge in [-0.05, 0) is 49.8 Å². The smallest absolute Gasteiger partial charge is 0.326 e. The zero-order valence-electron chi connectivity index (χ0n) is 17.7. The Balaban J connectivity index is 1.83. The van der Waals surface area contributed by atoms with E-state index in [1.165, 1.54) is 19.3 Å². The van der Waals surface area contributed by atoms with Crippen molar-refractivity contribution in [3.05, 3.63) is 69.1 Å². The van der Waals surface area contributed by atoms with Gasteiger partial charge in [0.1, 0.15) is 11.6 Å². The van der Waals surface area contributed by atoms with Gasteiger partial charge in [-0.2, -0.15) is 0 Å². The lowest BCUT2D eigenvalue weighted by molar-refractivity contribution is -0.139. The molecule has 0 unspecified atom stereocenters. The fourth-order valence-electron chi connectivity index (χ4n) is 4.19. The molecule has 1 atom stereocenters. The summed E-state index contributed by atoms with van der Waals surface area (Å²) in [6.07, 6.45) is 5.95. The molecule has 1 aliphatic carbocycles. The van der Waals surface area contributed by atoms with Gasteiger partial charge in [0, 0.05) is 18.7 Å². The number of nitrogens with one attached hydrogen (secondary N) is 1. The van der Waals surface area contributed by atoms with Crippen molar-refractivity contribution < 1.29 is 14.7 Å². The maximum Gasteiger partial charge on any atom is 0.326 e. The zero-order valence-corrected chi connectivity index (χ0v) is 17.7. The second-order valence-corrected chi connectivity index (χ2v) is 8.30. The Labute approximate surface area is 176 Å². The average molecular weight is 411 g/mol. The summed E-state index contributed by atoms with van der Waals surface area (Å²) in [5.74, 6) is -1.32. The molecule has 1 heterocycles. The number of hydrogen-bond donors (Lipinski definition) is 2. The van der Waals surface area contributed by atoms with E-state index in [1.807, 2.05) is 44.2 Å². The van der Waals surface area contributed by atoms with Gasteiger partial charge in [0.05, 0.1) is 0 Å². The molecule has 1 aliphatic rings. The summed E-state index contributed by atoms with van der Waals surface area (Å²) in [5.41, 5.74) is 2.19. The van der Waals surface area contributed by atoms with E-state index in [9.17, 15) is 19.5 Å². The van der Waals surface area contributed by atoms with E-state index in [2.05, 4.69) is 5.32 Å². The molecule has 0 aliphatic heterocycles. The fourth-order valence-corrected chi connectivity index (χ4v) is 4.19. The van der Waals surface area contributed by atoms with E-state index >= 15 is 0 Å². The van der Waals surface area contributed by atoms with Crippen LogP contribution in [0.5, 0.6) is 0 Å². The van der Waals surface area contributed by atoms with Crippen molar-refractivity contribution in [2.75, 3.05) is 0 Å². The summed E-state index contributed by atoms with van der Waals surface area (Å²) >= 11 is 0. The molecule has 30 heavy (non-hydrogen) atoms. The van der Waals surface area contributed by atoms with E-state index in [4.69, 9.17) is 0 Å². The molecule has 6 nitrogen and oxygen atoms in total. The summed E-state index contributed by atoms with van der Waals surface area (Å²) < 4.78 is 1.70. The first-order chi connectivity index (χ1) is 14.4. The number of aryl methyl sites for hydroxylation is 1. The summed E-state index contributed by atoms with van der Waals surface area (Å²) in [4.78, 5) is 37.7. The zero-order chi connectivity index (χ0) is 21.7. The Morgan fingerprint density at radius 3 is 2.43 bits per heavy atom. The third-order valence-corrected chi connectivity index (χ3v) is 6.11. The van der Waals surface area contributed by atoms with E-state index in [1.54, 1.807) is 10.6 Å². The Kier molecular flexibility index (Phi) is 7.08. The molecule has 2 aromatic rings. The van der Waals surface area contributed by atoms with Gasteiger partial charge in [0.2, 0.25) is 0 Å². The second-order valence-electron chi connectivity index (χ2n) is 8.30. The van der Waals surface area contributed by atoms with Crippen LogP contribution in [0.25, 0.3) is 0 Å². The number of carbonyl (C=O) groups is 2. The highest BCUT2D eigenvalue weighted by atomic mass is 16.4. The van der Waals surface area contributed by atoms with E-state index in [0.29, 0.717) is 12.5 Å². The van der Waals surface area contributed by atoms with Crippen LogP contribution in [0.1, 0.15) is 59.3 Å². The second kappa shape index (κ2) is 9.74. The molecule has 0 bridgehead atoms. The van der Waals surface area contributed by atoms with E-state index in [0.717, 1.165) is 29.7 Å². The first-order valence-electron chi connectivity index (χ1n) is 10.7. The van der Waals surface area contributed by atoms with Gasteiger partial charge < -0.3 is 15.0 Å².